The van der Waals surface area contributed by atoms with Gasteiger partial charge in [0.2, 0.25) is 0 Å². The Morgan fingerprint density at radius 2 is 0.640 bits per heavy atom. The molecule has 2 aliphatic carbocycles. The van der Waals surface area contributed by atoms with Crippen LogP contribution in [0.25, 0.3) is 154 Å². The molecule has 0 N–H and O–H groups in total. The van der Waals surface area contributed by atoms with Crippen LogP contribution < -0.4 is 9.47 Å². The molecule has 4 aliphatic rings. The molecule has 0 saturated heterocycles. The van der Waals surface area contributed by atoms with E-state index in [2.05, 4.69) is 312 Å². The lowest BCUT2D eigenvalue weighted by molar-refractivity contribution is 0.437. The van der Waals surface area contributed by atoms with Crippen molar-refractivity contribution in [2.45, 2.75) is 10.8 Å². The van der Waals surface area contributed by atoms with Crippen molar-refractivity contribution in [3.05, 3.63) is 360 Å². The van der Waals surface area contributed by atoms with Crippen LogP contribution in [0.5, 0.6) is 23.0 Å². The summed E-state index contributed by atoms with van der Waals surface area (Å²) in [6.07, 6.45) is 0. The van der Waals surface area contributed by atoms with E-state index in [4.69, 9.17) is 18.3 Å². The maximum atomic E-state index is 7.25. The van der Waals surface area contributed by atoms with Gasteiger partial charge < -0.3 is 27.4 Å². The number of hydrogen-bond acceptors (Lipinski definition) is 4. The van der Waals surface area contributed by atoms with E-state index >= 15 is 0 Å². The maximum absolute atomic E-state index is 7.25. The van der Waals surface area contributed by atoms with E-state index < -0.39 is 10.8 Å². The topological polar surface area (TPSA) is 54.6 Å². The zero-order valence-electron chi connectivity index (χ0n) is 53.5. The van der Waals surface area contributed by atoms with Gasteiger partial charge in [0.05, 0.1) is 32.9 Å². The smallest absolute Gasteiger partial charge is 0.137 e. The minimum atomic E-state index is -0.710. The number of aromatic nitrogens is 2. The van der Waals surface area contributed by atoms with Gasteiger partial charge in [-0.25, -0.2) is 0 Å². The highest BCUT2D eigenvalue weighted by atomic mass is 16.5. The largest absolute Gasteiger partial charge is 0.457 e. The molecule has 4 aromatic heterocycles. The van der Waals surface area contributed by atoms with E-state index in [1.54, 1.807) is 0 Å². The van der Waals surface area contributed by atoms with Gasteiger partial charge in [0.15, 0.2) is 0 Å². The second-order valence-corrected chi connectivity index (χ2v) is 27.6. The number of furan rings is 2. The monoisotopic (exact) mass is 1270 g/mol. The van der Waals surface area contributed by atoms with Gasteiger partial charge in [0.1, 0.15) is 45.3 Å². The highest BCUT2D eigenvalue weighted by molar-refractivity contribution is 6.21. The quantitative estimate of drug-likeness (QED) is 0.177. The average Bonchev–Trinajstić information content (AvgIpc) is 1.49. The third-order valence-corrected chi connectivity index (χ3v) is 23.0. The average molecular weight is 1270 g/mol. The van der Waals surface area contributed by atoms with Crippen LogP contribution in [0.4, 0.5) is 0 Å². The summed E-state index contributed by atoms with van der Waals surface area (Å²) >= 11 is 0. The Kier molecular flexibility index (Phi) is 10.0. The third-order valence-electron chi connectivity index (χ3n) is 23.0. The first-order chi connectivity index (χ1) is 49.5. The normalized spacial score (nSPS) is 15.1. The molecule has 1 atom stereocenters. The lowest BCUT2D eigenvalue weighted by Gasteiger charge is -2.39. The van der Waals surface area contributed by atoms with Crippen molar-refractivity contribution in [1.82, 2.24) is 9.13 Å². The molecule has 6 heterocycles. The molecule has 2 aliphatic heterocycles. The van der Waals surface area contributed by atoms with E-state index in [1.165, 1.54) is 82.2 Å². The van der Waals surface area contributed by atoms with Gasteiger partial charge >= 0.3 is 0 Å². The van der Waals surface area contributed by atoms with Crippen LogP contribution in [0.1, 0.15) is 44.5 Å². The molecule has 6 nitrogen and oxygen atoms in total. The lowest BCUT2D eigenvalue weighted by Crippen LogP contribution is -2.32. The summed E-state index contributed by atoms with van der Waals surface area (Å²) in [7, 11) is 0. The summed E-state index contributed by atoms with van der Waals surface area (Å²) in [4.78, 5) is 0. The summed E-state index contributed by atoms with van der Waals surface area (Å²) in [5.74, 6) is 3.40. The number of fused-ring (bicyclic) bond motifs is 34. The molecule has 24 rings (SSSR count). The highest BCUT2D eigenvalue weighted by Gasteiger charge is 2.53. The van der Waals surface area contributed by atoms with Crippen molar-refractivity contribution < 1.29 is 18.3 Å². The van der Waals surface area contributed by atoms with Crippen LogP contribution >= 0.6 is 0 Å². The number of ether oxygens (including phenoxy) is 2. The summed E-state index contributed by atoms with van der Waals surface area (Å²) in [6, 6.07) is 116. The third kappa shape index (κ3) is 6.59. The van der Waals surface area contributed by atoms with Crippen LogP contribution in [0, 0.1) is 0 Å². The van der Waals surface area contributed by atoms with Crippen molar-refractivity contribution in [3.63, 3.8) is 0 Å². The Balaban J connectivity index is 0.666. The van der Waals surface area contributed by atoms with Gasteiger partial charge in [0.25, 0.3) is 0 Å². The number of benzene rings is 16. The second-order valence-electron chi connectivity index (χ2n) is 27.6. The summed E-state index contributed by atoms with van der Waals surface area (Å²) in [5.41, 5.74) is 25.2. The molecule has 16 aromatic carbocycles. The number of nitrogens with zero attached hydrogens (tertiary/aromatic N) is 2. The zero-order valence-corrected chi connectivity index (χ0v) is 53.5. The van der Waals surface area contributed by atoms with E-state index in [-0.39, 0.29) is 0 Å². The van der Waals surface area contributed by atoms with Gasteiger partial charge in [-0.3, -0.25) is 0 Å². The highest BCUT2D eigenvalue weighted by Crippen LogP contribution is 2.65. The Bertz CT molecular complexity index is 7090. The van der Waals surface area contributed by atoms with Gasteiger partial charge in [-0.1, -0.05) is 218 Å². The first kappa shape index (κ1) is 53.0. The van der Waals surface area contributed by atoms with Crippen molar-refractivity contribution in [3.8, 4) is 67.8 Å². The Hall–Kier alpha value is -13.2. The fourth-order valence-corrected chi connectivity index (χ4v) is 19.0. The Morgan fingerprint density at radius 1 is 0.220 bits per heavy atom. The summed E-state index contributed by atoms with van der Waals surface area (Å²) in [6.45, 7) is 0. The van der Waals surface area contributed by atoms with Gasteiger partial charge in [0, 0.05) is 106 Å². The molecule has 0 radical (unpaired) electrons. The zero-order chi connectivity index (χ0) is 64.8. The molecule has 0 bridgehead atoms. The van der Waals surface area contributed by atoms with E-state index in [0.717, 1.165) is 139 Å². The minimum Gasteiger partial charge on any atom is -0.457 e. The first-order valence-electron chi connectivity index (χ1n) is 34.4. The van der Waals surface area contributed by atoms with Gasteiger partial charge in [-0.2, -0.15) is 0 Å². The van der Waals surface area contributed by atoms with Crippen LogP contribution in [0.15, 0.2) is 324 Å². The molecule has 0 fully saturated rings. The molecule has 0 saturated carbocycles. The van der Waals surface area contributed by atoms with E-state index in [9.17, 15) is 0 Å². The van der Waals surface area contributed by atoms with Crippen molar-refractivity contribution in [2.24, 2.45) is 0 Å². The van der Waals surface area contributed by atoms with Crippen LogP contribution in [-0.4, -0.2) is 9.13 Å². The molecular weight excluding hydrogens is 1220 g/mol. The molecule has 1 unspecified atom stereocenters. The maximum Gasteiger partial charge on any atom is 0.137 e. The SMILES string of the molecule is c1ccc2c(c1)Oc1cc3c(cc1C21c2ccccc2-c2ccccc21)c1ccc2ccccc2c1n3-c1ccc2oc3cc(-c4ccc5c(c4)-c4ccccc4C54c5ccccc5Oc5cc6c(cc54)c4ccc5ccccc5c4n6-c4ccc5c(c4)oc4ccccc45)ccc3c2c1. The van der Waals surface area contributed by atoms with Crippen molar-refractivity contribution >= 4 is 109 Å². The molecule has 0 amide bonds. The molecule has 20 aromatic rings. The minimum absolute atomic E-state index is 0.593. The van der Waals surface area contributed by atoms with E-state index in [0.29, 0.717) is 0 Å². The molecule has 100 heavy (non-hydrogen) atoms. The molecule has 2 spiro atoms. The fraction of sp³-hybridized carbons (Fsp3) is 0.0213. The van der Waals surface area contributed by atoms with Gasteiger partial charge in [-0.15, -0.1) is 0 Å². The molecule has 462 valence electrons. The van der Waals surface area contributed by atoms with Gasteiger partial charge in [-0.05, 0) is 145 Å². The van der Waals surface area contributed by atoms with E-state index in [1.807, 2.05) is 12.1 Å². The van der Waals surface area contributed by atoms with Crippen molar-refractivity contribution in [1.29, 1.82) is 0 Å². The number of rotatable bonds is 3. The first-order valence-corrected chi connectivity index (χ1v) is 34.4. The Morgan fingerprint density at radius 3 is 1.25 bits per heavy atom. The predicted molar refractivity (Wildman–Crippen MR) is 405 cm³/mol. The lowest BCUT2D eigenvalue weighted by atomic mass is 9.66. The van der Waals surface area contributed by atoms with Crippen molar-refractivity contribution in [2.75, 3.05) is 0 Å². The van der Waals surface area contributed by atoms with Crippen LogP contribution in [0.3, 0.4) is 0 Å². The predicted octanol–water partition coefficient (Wildman–Crippen LogP) is 24.6. The number of para-hydroxylation sites is 3. The van der Waals surface area contributed by atoms with Crippen LogP contribution in [-0.2, 0) is 10.8 Å². The summed E-state index contributed by atoms with van der Waals surface area (Å²) < 4.78 is 32.8. The standard InChI is InChI=1S/C94H52N2O4/c1-3-19-59-53(17-1)33-40-67-70-49-79-89(99-85-31-15-12-28-77(85)93(79)73-25-9-5-21-61(73)62-22-6-10-26-74(62)93)51-81(70)95(91(59)67)57-38-44-84-72(47-57)66-39-35-56(46-87(66)98-84)55-36-43-76-69(45-55)63-23-7-11-27-75(63)94(76)78-29-13-16-32-86(78)100-90-52-82-71(50-80(90)94)68-41-34-54-18-2-4-20-60(54)92(68)96(82)58-37-42-65-64-24-8-14-30-83(64)97-88(65)48-58/h1-52H. The number of hydrogen-bond donors (Lipinski definition) is 0. The molecule has 6 heteroatoms. The Labute approximate surface area is 571 Å². The molecular formula is C94H52N2O4. The summed E-state index contributed by atoms with van der Waals surface area (Å²) in [5, 5.41) is 13.7. The fourth-order valence-electron chi connectivity index (χ4n) is 19.0. The van der Waals surface area contributed by atoms with Crippen LogP contribution in [0.2, 0.25) is 0 Å². The second kappa shape index (κ2) is 18.9.